The third-order valence-corrected chi connectivity index (χ3v) is 3.82. The first-order chi connectivity index (χ1) is 10.0. The van der Waals surface area contributed by atoms with E-state index in [-0.39, 0.29) is 17.9 Å². The fraction of sp³-hybridized carbons (Fsp3) is 0.500. The summed E-state index contributed by atoms with van der Waals surface area (Å²) in [6.07, 6.45) is -0.305. The molecule has 0 aliphatic carbocycles. The fourth-order valence-corrected chi connectivity index (χ4v) is 2.45. The summed E-state index contributed by atoms with van der Waals surface area (Å²) in [7, 11) is 0. The molecular weight excluding hydrogens is 268 g/mol. The molecule has 1 aromatic rings. The summed E-state index contributed by atoms with van der Waals surface area (Å²) in [6, 6.07) is 8.72. The predicted octanol–water partition coefficient (Wildman–Crippen LogP) is 1.55. The van der Waals surface area contributed by atoms with Gasteiger partial charge in [0.25, 0.3) is 5.91 Å². The van der Waals surface area contributed by atoms with Crippen LogP contribution in [0.3, 0.4) is 0 Å². The predicted molar refractivity (Wildman–Crippen MR) is 77.6 cm³/mol. The fourth-order valence-electron chi connectivity index (χ4n) is 2.45. The Morgan fingerprint density at radius 2 is 2.14 bits per heavy atom. The molecule has 1 saturated heterocycles. The molecule has 5 nitrogen and oxygen atoms in total. The topological polar surface area (TPSA) is 73.6 Å². The number of hydrogen-bond acceptors (Lipinski definition) is 4. The van der Waals surface area contributed by atoms with Crippen molar-refractivity contribution in [3.05, 3.63) is 29.8 Å². The van der Waals surface area contributed by atoms with Crippen molar-refractivity contribution in [3.8, 4) is 11.8 Å². The van der Waals surface area contributed by atoms with E-state index in [9.17, 15) is 9.90 Å². The highest BCUT2D eigenvalue weighted by Crippen LogP contribution is 2.19. The van der Waals surface area contributed by atoms with Crippen LogP contribution in [-0.4, -0.2) is 41.2 Å². The average Bonchev–Trinajstić information content (AvgIpc) is 2.50. The highest BCUT2D eigenvalue weighted by molar-refractivity contribution is 5.81. The number of amides is 1. The first-order valence-electron chi connectivity index (χ1n) is 7.15. The Kier molecular flexibility index (Phi) is 4.81. The Morgan fingerprint density at radius 1 is 1.48 bits per heavy atom. The molecule has 21 heavy (non-hydrogen) atoms. The molecule has 0 spiro atoms. The third-order valence-electron chi connectivity index (χ3n) is 3.82. The van der Waals surface area contributed by atoms with Crippen molar-refractivity contribution in [2.75, 3.05) is 13.1 Å². The maximum atomic E-state index is 12.3. The second kappa shape index (κ2) is 6.59. The molecule has 112 valence electrons. The number of nitrogens with zero attached hydrogens (tertiary/aromatic N) is 2. The van der Waals surface area contributed by atoms with Gasteiger partial charge in [0.1, 0.15) is 5.75 Å². The summed E-state index contributed by atoms with van der Waals surface area (Å²) in [4.78, 5) is 14.1. The largest absolute Gasteiger partial charge is 0.481 e. The van der Waals surface area contributed by atoms with Gasteiger partial charge in [0.15, 0.2) is 6.10 Å². The van der Waals surface area contributed by atoms with Crippen molar-refractivity contribution in [1.29, 1.82) is 5.26 Å². The Bertz CT molecular complexity index is 535. The van der Waals surface area contributed by atoms with Crippen molar-refractivity contribution >= 4 is 5.91 Å². The lowest BCUT2D eigenvalue weighted by atomic mass is 9.96. The van der Waals surface area contributed by atoms with Gasteiger partial charge in [0.2, 0.25) is 0 Å². The maximum absolute atomic E-state index is 12.3. The van der Waals surface area contributed by atoms with Crippen LogP contribution in [0.2, 0.25) is 0 Å². The molecule has 1 heterocycles. The molecule has 3 atom stereocenters. The molecule has 1 aliphatic rings. The van der Waals surface area contributed by atoms with Gasteiger partial charge in [-0.15, -0.1) is 0 Å². The number of carbonyl (C=O) groups excluding carboxylic acids is 1. The molecule has 0 aromatic heterocycles. The van der Waals surface area contributed by atoms with Gasteiger partial charge in [-0.05, 0) is 43.5 Å². The number of carbonyl (C=O) groups is 1. The zero-order chi connectivity index (χ0) is 15.4. The number of likely N-dealkylation sites (tertiary alicyclic amines) is 1. The summed E-state index contributed by atoms with van der Waals surface area (Å²) in [5.74, 6) is 0.586. The maximum Gasteiger partial charge on any atom is 0.263 e. The van der Waals surface area contributed by atoms with E-state index in [1.807, 2.05) is 13.0 Å². The molecule has 1 N–H and O–H groups in total. The van der Waals surface area contributed by atoms with Gasteiger partial charge in [-0.25, -0.2) is 0 Å². The quantitative estimate of drug-likeness (QED) is 0.916. The summed E-state index contributed by atoms with van der Waals surface area (Å²) >= 11 is 0. The van der Waals surface area contributed by atoms with Crippen molar-refractivity contribution in [2.24, 2.45) is 5.92 Å². The van der Waals surface area contributed by atoms with Crippen molar-refractivity contribution in [2.45, 2.75) is 32.5 Å². The summed E-state index contributed by atoms with van der Waals surface area (Å²) in [6.45, 7) is 4.78. The first kappa shape index (κ1) is 15.3. The van der Waals surface area contributed by atoms with Gasteiger partial charge in [-0.2, -0.15) is 5.26 Å². The van der Waals surface area contributed by atoms with E-state index in [0.717, 1.165) is 0 Å². The number of piperidine rings is 1. The van der Waals surface area contributed by atoms with Crippen LogP contribution in [-0.2, 0) is 4.79 Å². The number of aliphatic hydroxyl groups excluding tert-OH is 1. The standard InChI is InChI=1S/C16H20N2O3/c1-11-10-18(8-7-15(11)19)16(20)12(2)21-14-5-3-13(9-17)4-6-14/h3-6,11-12,15,19H,7-8,10H2,1-2H3. The Hall–Kier alpha value is -2.06. The molecule has 1 aromatic carbocycles. The number of nitriles is 1. The highest BCUT2D eigenvalue weighted by atomic mass is 16.5. The lowest BCUT2D eigenvalue weighted by molar-refractivity contribution is -0.141. The van der Waals surface area contributed by atoms with Crippen LogP contribution >= 0.6 is 0 Å². The van der Waals surface area contributed by atoms with Crippen LogP contribution in [0.15, 0.2) is 24.3 Å². The van der Waals surface area contributed by atoms with E-state index in [0.29, 0.717) is 30.8 Å². The number of hydrogen-bond donors (Lipinski definition) is 1. The van der Waals surface area contributed by atoms with Crippen LogP contribution in [0.25, 0.3) is 0 Å². The van der Waals surface area contributed by atoms with E-state index in [2.05, 4.69) is 0 Å². The normalized spacial score (nSPS) is 23.2. The van der Waals surface area contributed by atoms with Gasteiger partial charge in [0, 0.05) is 13.1 Å². The number of benzene rings is 1. The van der Waals surface area contributed by atoms with Gasteiger partial charge >= 0.3 is 0 Å². The van der Waals surface area contributed by atoms with Crippen LogP contribution in [0.1, 0.15) is 25.8 Å². The molecule has 0 bridgehead atoms. The van der Waals surface area contributed by atoms with Crippen molar-refractivity contribution in [3.63, 3.8) is 0 Å². The Balaban J connectivity index is 1.94. The molecule has 5 heteroatoms. The minimum absolute atomic E-state index is 0.0712. The lowest BCUT2D eigenvalue weighted by Gasteiger charge is -2.35. The summed E-state index contributed by atoms with van der Waals surface area (Å²) in [5, 5.41) is 18.4. The molecule has 1 aliphatic heterocycles. The lowest BCUT2D eigenvalue weighted by Crippen LogP contribution is -2.49. The minimum atomic E-state index is -0.583. The molecule has 2 rings (SSSR count). The van der Waals surface area contributed by atoms with Crippen LogP contribution in [0, 0.1) is 17.2 Å². The molecule has 3 unspecified atom stereocenters. The van der Waals surface area contributed by atoms with E-state index in [4.69, 9.17) is 10.00 Å². The Labute approximate surface area is 124 Å². The van der Waals surface area contributed by atoms with Gasteiger partial charge in [0.05, 0.1) is 17.7 Å². The zero-order valence-corrected chi connectivity index (χ0v) is 12.3. The first-order valence-corrected chi connectivity index (χ1v) is 7.15. The Morgan fingerprint density at radius 3 is 2.71 bits per heavy atom. The highest BCUT2D eigenvalue weighted by Gasteiger charge is 2.30. The van der Waals surface area contributed by atoms with Crippen LogP contribution in [0.5, 0.6) is 5.75 Å². The van der Waals surface area contributed by atoms with E-state index in [1.54, 1.807) is 36.1 Å². The minimum Gasteiger partial charge on any atom is -0.481 e. The second-order valence-electron chi connectivity index (χ2n) is 5.51. The van der Waals surface area contributed by atoms with Gasteiger partial charge in [-0.1, -0.05) is 6.92 Å². The number of ether oxygens (including phenoxy) is 1. The summed E-state index contributed by atoms with van der Waals surface area (Å²) < 4.78 is 5.63. The van der Waals surface area contributed by atoms with Crippen LogP contribution in [0.4, 0.5) is 0 Å². The van der Waals surface area contributed by atoms with E-state index < -0.39 is 6.10 Å². The van der Waals surface area contributed by atoms with E-state index in [1.165, 1.54) is 0 Å². The third kappa shape index (κ3) is 3.73. The monoisotopic (exact) mass is 288 g/mol. The van der Waals surface area contributed by atoms with E-state index >= 15 is 0 Å². The van der Waals surface area contributed by atoms with Crippen molar-refractivity contribution < 1.29 is 14.6 Å². The molecule has 0 radical (unpaired) electrons. The van der Waals surface area contributed by atoms with Gasteiger partial charge < -0.3 is 14.7 Å². The average molecular weight is 288 g/mol. The van der Waals surface area contributed by atoms with Crippen LogP contribution < -0.4 is 4.74 Å². The molecular formula is C16H20N2O3. The molecule has 1 amide bonds. The molecule has 1 fully saturated rings. The zero-order valence-electron chi connectivity index (χ0n) is 12.3. The SMILES string of the molecule is CC(Oc1ccc(C#N)cc1)C(=O)N1CCC(O)C(C)C1. The van der Waals surface area contributed by atoms with Gasteiger partial charge in [-0.3, -0.25) is 4.79 Å². The number of aliphatic hydroxyl groups is 1. The number of rotatable bonds is 3. The van der Waals surface area contributed by atoms with Crippen molar-refractivity contribution in [1.82, 2.24) is 4.90 Å². The second-order valence-corrected chi connectivity index (χ2v) is 5.51. The summed E-state index contributed by atoms with van der Waals surface area (Å²) in [5.41, 5.74) is 0.556. The molecule has 0 saturated carbocycles. The smallest absolute Gasteiger partial charge is 0.263 e.